The third-order valence-electron chi connectivity index (χ3n) is 8.57. The number of hydrogen-bond donors (Lipinski definition) is 1. The molecule has 1 aliphatic rings. The van der Waals surface area contributed by atoms with Gasteiger partial charge in [0.15, 0.2) is 5.82 Å². The number of aryl methyl sites for hydroxylation is 1. The average molecular weight is 813 g/mol. The predicted octanol–water partition coefficient (Wildman–Crippen LogP) is 8.17. The third kappa shape index (κ3) is 10.3. The van der Waals surface area contributed by atoms with Crippen LogP contribution in [0.4, 0.5) is 23.7 Å². The summed E-state index contributed by atoms with van der Waals surface area (Å²) < 4.78 is 63.2. The zero-order valence-corrected chi connectivity index (χ0v) is 32.9. The number of benzene rings is 3. The number of methoxy groups -OCH3 is 1. The van der Waals surface area contributed by atoms with Crippen LogP contribution >= 0.6 is 23.2 Å². The lowest BCUT2D eigenvalue weighted by Gasteiger charge is -2.43. The second kappa shape index (κ2) is 17.8. The molecular weight excluding hydrogens is 770 g/mol. The molecule has 2 unspecified atom stereocenters. The van der Waals surface area contributed by atoms with E-state index in [0.29, 0.717) is 21.9 Å². The fraction of sp³-hybridized carbons (Fsp3) is 0.405. The SMILES string of the molecule is CCOC(=O)C(Cl)Cc1cc(-n2nc(C)n(C(F)F)c2=O)c(F)cc1Cl.CON(C)C(=O)Nc1ccc(Oc2ccc3c(c2)OC(C)(OC)CC3(C)C)cc1. The average Bonchev–Trinajstić information content (AvgIpc) is 3.42. The van der Waals surface area contributed by atoms with Crippen LogP contribution in [0.2, 0.25) is 5.02 Å². The Labute approximate surface area is 325 Å². The highest BCUT2D eigenvalue weighted by atomic mass is 35.5. The zero-order valence-electron chi connectivity index (χ0n) is 31.4. The molecule has 2 heterocycles. The van der Waals surface area contributed by atoms with Crippen LogP contribution in [0, 0.1) is 12.7 Å². The van der Waals surface area contributed by atoms with Crippen LogP contribution in [0.1, 0.15) is 57.6 Å². The van der Waals surface area contributed by atoms with Gasteiger partial charge in [-0.3, -0.25) is 9.63 Å². The zero-order chi connectivity index (χ0) is 40.8. The van der Waals surface area contributed by atoms with E-state index in [-0.39, 0.29) is 51.1 Å². The standard InChI is InChI=1S/C22H28N2O5.C15H14Cl2F3N3O3/c1-21(2)14-22(3,26-5)29-19-13-17(11-12-18(19)21)28-16-9-7-15(8-10-16)23-20(25)24(4)27-6;1-3-26-13(24)10(17)4-8-5-12(11(18)6-9(8)16)23-15(25)22(14(19)20)7(2)21-23/h7-13H,14H2,1-6H3,(H,23,25);5-6,10,14H,3-4H2,1-2H3. The van der Waals surface area contributed by atoms with Crippen molar-refractivity contribution in [2.75, 3.05) is 33.2 Å². The van der Waals surface area contributed by atoms with Crippen molar-refractivity contribution in [1.82, 2.24) is 19.4 Å². The van der Waals surface area contributed by atoms with Gasteiger partial charge >= 0.3 is 24.2 Å². The van der Waals surface area contributed by atoms with Gasteiger partial charge in [0.05, 0.1) is 13.7 Å². The van der Waals surface area contributed by atoms with Crippen LogP contribution in [-0.2, 0) is 30.9 Å². The minimum Gasteiger partial charge on any atom is -0.465 e. The van der Waals surface area contributed by atoms with E-state index in [1.165, 1.54) is 21.1 Å². The number of esters is 1. The highest BCUT2D eigenvalue weighted by Crippen LogP contribution is 2.46. The maximum Gasteiger partial charge on any atom is 0.355 e. The van der Waals surface area contributed by atoms with E-state index < -0.39 is 35.2 Å². The molecule has 1 aliphatic heterocycles. The summed E-state index contributed by atoms with van der Waals surface area (Å²) >= 11 is 11.9. The summed E-state index contributed by atoms with van der Waals surface area (Å²) in [5.41, 5.74) is 0.318. The Morgan fingerprint density at radius 1 is 1.07 bits per heavy atom. The Hall–Kier alpha value is -4.77. The summed E-state index contributed by atoms with van der Waals surface area (Å²) in [7, 11) is 4.61. The minimum absolute atomic E-state index is 0.0424. The molecular formula is C37H42Cl2F3N5O8. The van der Waals surface area contributed by atoms with E-state index in [1.807, 2.05) is 25.1 Å². The Morgan fingerprint density at radius 2 is 1.73 bits per heavy atom. The van der Waals surface area contributed by atoms with E-state index in [2.05, 4.69) is 24.3 Å². The summed E-state index contributed by atoms with van der Waals surface area (Å²) in [6.45, 7) is 6.11. The van der Waals surface area contributed by atoms with Crippen molar-refractivity contribution in [1.29, 1.82) is 0 Å². The molecule has 2 atom stereocenters. The fourth-order valence-corrected chi connectivity index (χ4v) is 6.24. The Kier molecular flexibility index (Phi) is 13.9. The molecule has 298 valence electrons. The van der Waals surface area contributed by atoms with Gasteiger partial charge < -0.3 is 24.3 Å². The van der Waals surface area contributed by atoms with E-state index in [4.69, 9.17) is 47.0 Å². The molecule has 13 nitrogen and oxygen atoms in total. The number of hydrogen-bond acceptors (Lipinski definition) is 9. The van der Waals surface area contributed by atoms with E-state index in [0.717, 1.165) is 34.9 Å². The van der Waals surface area contributed by atoms with Crippen LogP contribution in [-0.4, -0.2) is 70.4 Å². The number of aromatic nitrogens is 3. The number of urea groups is 1. The molecule has 1 N–H and O–H groups in total. The second-order valence-electron chi connectivity index (χ2n) is 13.1. The maximum absolute atomic E-state index is 14.2. The highest BCUT2D eigenvalue weighted by Gasteiger charge is 2.42. The van der Waals surface area contributed by atoms with Crippen molar-refractivity contribution in [3.05, 3.63) is 92.9 Å². The number of ether oxygens (including phenoxy) is 4. The molecule has 55 heavy (non-hydrogen) atoms. The summed E-state index contributed by atoms with van der Waals surface area (Å²) in [5.74, 6) is -0.529. The van der Waals surface area contributed by atoms with Gasteiger partial charge in [0.25, 0.3) is 0 Å². The lowest BCUT2D eigenvalue weighted by molar-refractivity contribution is -0.172. The number of alkyl halides is 3. The summed E-state index contributed by atoms with van der Waals surface area (Å²) in [6.07, 6.45) is 0.644. The summed E-state index contributed by atoms with van der Waals surface area (Å²) in [5, 5.41) is 6.35. The van der Waals surface area contributed by atoms with Crippen molar-refractivity contribution >= 4 is 40.9 Å². The van der Waals surface area contributed by atoms with Gasteiger partial charge in [-0.2, -0.15) is 13.5 Å². The first-order chi connectivity index (χ1) is 25.8. The normalized spacial score (nSPS) is 16.3. The molecule has 5 rings (SSSR count). The Morgan fingerprint density at radius 3 is 2.31 bits per heavy atom. The molecule has 0 aliphatic carbocycles. The smallest absolute Gasteiger partial charge is 0.355 e. The largest absolute Gasteiger partial charge is 0.465 e. The van der Waals surface area contributed by atoms with Crippen molar-refractivity contribution < 1.29 is 46.5 Å². The molecule has 4 aromatic rings. The van der Waals surface area contributed by atoms with Gasteiger partial charge in [-0.1, -0.05) is 31.5 Å². The number of carbonyl (C=O) groups is 2. The maximum atomic E-state index is 14.2. The van der Waals surface area contributed by atoms with Crippen molar-refractivity contribution in [2.24, 2.45) is 0 Å². The molecule has 2 amide bonds. The number of nitrogens with one attached hydrogen (secondary N) is 1. The second-order valence-corrected chi connectivity index (χ2v) is 14.0. The molecule has 0 saturated heterocycles. The van der Waals surface area contributed by atoms with Crippen LogP contribution in [0.5, 0.6) is 17.2 Å². The van der Waals surface area contributed by atoms with E-state index in [1.54, 1.807) is 38.3 Å². The van der Waals surface area contributed by atoms with Gasteiger partial charge in [-0.25, -0.2) is 23.6 Å². The van der Waals surface area contributed by atoms with Crippen LogP contribution < -0.4 is 20.5 Å². The van der Waals surface area contributed by atoms with Crippen LogP contribution in [0.3, 0.4) is 0 Å². The number of anilines is 1. The minimum atomic E-state index is -3.12. The molecule has 0 spiro atoms. The number of hydroxylamine groups is 2. The molecule has 3 aromatic carbocycles. The quantitative estimate of drug-likeness (QED) is 0.0904. The summed E-state index contributed by atoms with van der Waals surface area (Å²) in [4.78, 5) is 40.4. The predicted molar refractivity (Wildman–Crippen MR) is 199 cm³/mol. The molecule has 0 radical (unpaired) electrons. The van der Waals surface area contributed by atoms with Gasteiger partial charge in [0.1, 0.15) is 34.1 Å². The fourth-order valence-electron chi connectivity index (χ4n) is 5.78. The van der Waals surface area contributed by atoms with Crippen molar-refractivity contribution in [2.45, 2.75) is 70.6 Å². The van der Waals surface area contributed by atoms with E-state index in [9.17, 15) is 27.6 Å². The molecule has 0 fully saturated rings. The van der Waals surface area contributed by atoms with Crippen molar-refractivity contribution in [3.63, 3.8) is 0 Å². The number of nitrogens with zero attached hydrogens (tertiary/aromatic N) is 4. The van der Waals surface area contributed by atoms with E-state index >= 15 is 0 Å². The first kappa shape index (κ1) is 43.0. The molecule has 0 saturated carbocycles. The first-order valence-corrected chi connectivity index (χ1v) is 17.6. The molecule has 0 bridgehead atoms. The molecule has 18 heteroatoms. The number of amides is 2. The molecule has 1 aromatic heterocycles. The number of carbonyl (C=O) groups excluding carboxylic acids is 2. The van der Waals surface area contributed by atoms with Gasteiger partial charge in [-0.05, 0) is 67.3 Å². The highest BCUT2D eigenvalue weighted by molar-refractivity contribution is 6.32. The van der Waals surface area contributed by atoms with Crippen LogP contribution in [0.25, 0.3) is 5.69 Å². The number of rotatable bonds is 11. The lowest BCUT2D eigenvalue weighted by atomic mass is 9.76. The summed E-state index contributed by atoms with van der Waals surface area (Å²) in [6, 6.07) is 14.6. The lowest BCUT2D eigenvalue weighted by Crippen LogP contribution is -2.45. The van der Waals surface area contributed by atoms with Crippen molar-refractivity contribution in [3.8, 4) is 22.9 Å². The van der Waals surface area contributed by atoms with Gasteiger partial charge in [0, 0.05) is 56.3 Å². The Bertz CT molecular complexity index is 2060. The van der Waals surface area contributed by atoms with Crippen LogP contribution in [0.15, 0.2) is 59.4 Å². The Balaban J connectivity index is 0.000000246. The monoisotopic (exact) mass is 811 g/mol. The van der Waals surface area contributed by atoms with Gasteiger partial charge in [-0.15, -0.1) is 16.7 Å². The third-order valence-corrected chi connectivity index (χ3v) is 9.25. The number of fused-ring (bicyclic) bond motifs is 1. The first-order valence-electron chi connectivity index (χ1n) is 16.8. The topological polar surface area (TPSA) is 135 Å². The number of halogens is 5. The van der Waals surface area contributed by atoms with Gasteiger partial charge in [0.2, 0.25) is 5.79 Å².